The van der Waals surface area contributed by atoms with Crippen molar-refractivity contribution in [2.75, 3.05) is 36.0 Å². The number of thioether (sulfide) groups is 1. The van der Waals surface area contributed by atoms with E-state index in [1.807, 2.05) is 24.3 Å². The lowest BCUT2D eigenvalue weighted by Gasteiger charge is -2.21. The molecule has 0 aromatic heterocycles. The van der Waals surface area contributed by atoms with Gasteiger partial charge < -0.3 is 10.2 Å². The van der Waals surface area contributed by atoms with Crippen LogP contribution in [0, 0.1) is 24.2 Å². The van der Waals surface area contributed by atoms with Gasteiger partial charge in [-0.25, -0.2) is 0 Å². The molecule has 22 heavy (non-hydrogen) atoms. The summed E-state index contributed by atoms with van der Waals surface area (Å²) in [5.74, 6) is 1.19. The van der Waals surface area contributed by atoms with Crippen LogP contribution in [-0.2, 0) is 4.79 Å². The molecular formula is C16H20ClN3OS. The molecule has 1 aliphatic heterocycles. The van der Waals surface area contributed by atoms with Crippen LogP contribution in [0.4, 0.5) is 5.69 Å². The fourth-order valence-corrected chi connectivity index (χ4v) is 3.29. The predicted molar refractivity (Wildman–Crippen MR) is 92.5 cm³/mol. The lowest BCUT2D eigenvalue weighted by Crippen LogP contribution is -2.32. The van der Waals surface area contributed by atoms with Crippen molar-refractivity contribution in [2.24, 2.45) is 5.92 Å². The van der Waals surface area contributed by atoms with Gasteiger partial charge in [0.1, 0.15) is 0 Å². The Bertz CT molecular complexity index is 573. The van der Waals surface area contributed by atoms with Crippen molar-refractivity contribution in [3.05, 3.63) is 28.8 Å². The van der Waals surface area contributed by atoms with Crippen molar-refractivity contribution in [1.29, 1.82) is 5.26 Å². The third-order valence-electron chi connectivity index (χ3n) is 3.79. The highest BCUT2D eigenvalue weighted by molar-refractivity contribution is 8.00. The van der Waals surface area contributed by atoms with Crippen LogP contribution in [-0.4, -0.2) is 37.0 Å². The van der Waals surface area contributed by atoms with Crippen LogP contribution >= 0.6 is 23.4 Å². The highest BCUT2D eigenvalue weighted by Crippen LogP contribution is 2.29. The van der Waals surface area contributed by atoms with Gasteiger partial charge in [0.2, 0.25) is 5.91 Å². The molecule has 1 saturated heterocycles. The molecule has 4 nitrogen and oxygen atoms in total. The average molecular weight is 338 g/mol. The van der Waals surface area contributed by atoms with Crippen LogP contribution in [0.5, 0.6) is 0 Å². The number of nitrogens with zero attached hydrogens (tertiary/aromatic N) is 2. The van der Waals surface area contributed by atoms with Crippen LogP contribution < -0.4 is 10.2 Å². The fraction of sp³-hybridized carbons (Fsp3) is 0.500. The number of carbonyl (C=O) groups excluding carboxylic acids is 1. The first-order valence-corrected chi connectivity index (χ1v) is 8.86. The monoisotopic (exact) mass is 337 g/mol. The van der Waals surface area contributed by atoms with E-state index in [1.165, 1.54) is 23.0 Å². The first-order valence-electron chi connectivity index (χ1n) is 7.32. The summed E-state index contributed by atoms with van der Waals surface area (Å²) < 4.78 is 0. The molecule has 1 fully saturated rings. The second-order valence-corrected chi connectivity index (χ2v) is 6.91. The Kier molecular flexibility index (Phi) is 6.41. The number of hydrogen-bond donors (Lipinski definition) is 1. The normalized spacial score (nSPS) is 17.3. The first kappa shape index (κ1) is 17.0. The highest BCUT2D eigenvalue weighted by atomic mass is 35.5. The lowest BCUT2D eigenvalue weighted by atomic mass is 10.1. The Labute approximate surface area is 140 Å². The maximum Gasteiger partial charge on any atom is 0.230 e. The van der Waals surface area contributed by atoms with E-state index in [1.54, 1.807) is 0 Å². The van der Waals surface area contributed by atoms with Crippen LogP contribution in [0.25, 0.3) is 0 Å². The third kappa shape index (κ3) is 4.82. The summed E-state index contributed by atoms with van der Waals surface area (Å²) in [5, 5.41) is 12.2. The molecule has 0 spiro atoms. The minimum absolute atomic E-state index is 0.0117. The molecule has 1 aromatic carbocycles. The van der Waals surface area contributed by atoms with Gasteiger partial charge in [0.05, 0.1) is 17.6 Å². The molecule has 6 heteroatoms. The molecule has 0 saturated carbocycles. The van der Waals surface area contributed by atoms with Crippen molar-refractivity contribution in [1.82, 2.24) is 5.32 Å². The molecule has 2 rings (SSSR count). The molecular weight excluding hydrogens is 318 g/mol. The van der Waals surface area contributed by atoms with Crippen molar-refractivity contribution in [2.45, 2.75) is 13.3 Å². The summed E-state index contributed by atoms with van der Waals surface area (Å²) in [7, 11) is 0. The Balaban J connectivity index is 1.79. The Morgan fingerprint density at radius 1 is 1.59 bits per heavy atom. The molecule has 1 atom stereocenters. The summed E-state index contributed by atoms with van der Waals surface area (Å²) in [6.45, 7) is 4.72. The van der Waals surface area contributed by atoms with Gasteiger partial charge in [0.15, 0.2) is 0 Å². The number of aryl methyl sites for hydroxylation is 1. The number of amides is 1. The number of benzene rings is 1. The summed E-state index contributed by atoms with van der Waals surface area (Å²) in [4.78, 5) is 14.0. The number of anilines is 1. The van der Waals surface area contributed by atoms with E-state index < -0.39 is 0 Å². The second-order valence-electron chi connectivity index (χ2n) is 5.49. The molecule has 0 aliphatic carbocycles. The quantitative estimate of drug-likeness (QED) is 0.811. The van der Waals surface area contributed by atoms with Crippen molar-refractivity contribution in [3.8, 4) is 6.07 Å². The smallest absolute Gasteiger partial charge is 0.230 e. The second kappa shape index (κ2) is 8.30. The first-order chi connectivity index (χ1) is 10.6. The number of halogens is 1. The summed E-state index contributed by atoms with van der Waals surface area (Å²) >= 11 is 7.43. The Morgan fingerprint density at radius 3 is 3.18 bits per heavy atom. The van der Waals surface area contributed by atoms with Gasteiger partial charge in [-0.05, 0) is 37.0 Å². The summed E-state index contributed by atoms with van der Waals surface area (Å²) in [6, 6.07) is 7.98. The topological polar surface area (TPSA) is 56.1 Å². The molecule has 1 unspecified atom stereocenters. The largest absolute Gasteiger partial charge is 0.371 e. The zero-order valence-corrected chi connectivity index (χ0v) is 14.2. The average Bonchev–Trinajstić information content (AvgIpc) is 2.97. The number of rotatable bonds is 6. The van der Waals surface area contributed by atoms with Crippen molar-refractivity contribution in [3.63, 3.8) is 0 Å². The zero-order chi connectivity index (χ0) is 15.9. The fourth-order valence-electron chi connectivity index (χ4n) is 2.64. The van der Waals surface area contributed by atoms with Crippen LogP contribution in [0.15, 0.2) is 18.2 Å². The summed E-state index contributed by atoms with van der Waals surface area (Å²) in [5.41, 5.74) is 2.41. The van der Waals surface area contributed by atoms with Crippen molar-refractivity contribution >= 4 is 35.0 Å². The Morgan fingerprint density at radius 2 is 2.41 bits per heavy atom. The molecule has 1 aromatic rings. The maximum absolute atomic E-state index is 11.7. The van der Waals surface area contributed by atoms with Gasteiger partial charge in [-0.2, -0.15) is 5.26 Å². The SMILES string of the molecule is Cc1ccc(Cl)cc1N1CCC(CNC(=O)CSCC#N)C1. The van der Waals surface area contributed by atoms with E-state index in [0.717, 1.165) is 24.5 Å². The molecule has 118 valence electrons. The van der Waals surface area contributed by atoms with E-state index in [4.69, 9.17) is 16.9 Å². The standard InChI is InChI=1S/C16H20ClN3OS/c1-12-2-3-14(17)8-15(12)20-6-4-13(10-20)9-19-16(21)11-22-7-5-18/h2-3,8,13H,4,6-7,9-11H2,1H3,(H,19,21). The van der Waals surface area contributed by atoms with Gasteiger partial charge in [-0.3, -0.25) is 4.79 Å². The minimum atomic E-state index is 0.0117. The van der Waals surface area contributed by atoms with E-state index in [2.05, 4.69) is 17.1 Å². The van der Waals surface area contributed by atoms with Gasteiger partial charge in [0.25, 0.3) is 0 Å². The molecule has 0 bridgehead atoms. The van der Waals surface area contributed by atoms with Gasteiger partial charge in [0, 0.05) is 30.3 Å². The van der Waals surface area contributed by atoms with E-state index in [0.29, 0.717) is 24.0 Å². The van der Waals surface area contributed by atoms with Crippen LogP contribution in [0.2, 0.25) is 5.02 Å². The van der Waals surface area contributed by atoms with Gasteiger partial charge in [-0.1, -0.05) is 17.7 Å². The zero-order valence-electron chi connectivity index (χ0n) is 12.6. The number of hydrogen-bond acceptors (Lipinski definition) is 4. The molecule has 1 aliphatic rings. The van der Waals surface area contributed by atoms with E-state index in [-0.39, 0.29) is 5.91 Å². The molecule has 0 radical (unpaired) electrons. The van der Waals surface area contributed by atoms with Crippen LogP contribution in [0.3, 0.4) is 0 Å². The summed E-state index contributed by atoms with van der Waals surface area (Å²) in [6.07, 6.45) is 1.07. The molecule has 1 N–H and O–H groups in total. The lowest BCUT2D eigenvalue weighted by molar-refractivity contribution is -0.118. The van der Waals surface area contributed by atoms with E-state index >= 15 is 0 Å². The maximum atomic E-state index is 11.7. The highest BCUT2D eigenvalue weighted by Gasteiger charge is 2.24. The van der Waals surface area contributed by atoms with Crippen molar-refractivity contribution < 1.29 is 4.79 Å². The van der Waals surface area contributed by atoms with Gasteiger partial charge in [-0.15, -0.1) is 11.8 Å². The third-order valence-corrected chi connectivity index (χ3v) is 4.82. The molecule has 1 amide bonds. The number of carbonyl (C=O) groups is 1. The van der Waals surface area contributed by atoms with E-state index in [9.17, 15) is 4.79 Å². The number of nitriles is 1. The minimum Gasteiger partial charge on any atom is -0.371 e. The predicted octanol–water partition coefficient (Wildman–Crippen LogP) is 2.85. The molecule has 1 heterocycles. The van der Waals surface area contributed by atoms with Crippen LogP contribution in [0.1, 0.15) is 12.0 Å². The van der Waals surface area contributed by atoms with Gasteiger partial charge >= 0.3 is 0 Å². The Hall–Kier alpha value is -1.38. The number of nitrogens with one attached hydrogen (secondary N) is 1.